The average Bonchev–Trinajstić information content (AvgIpc) is 3.58. The fourth-order valence-electron chi connectivity index (χ4n) is 12.3. The third-order valence-electron chi connectivity index (χ3n) is 15.8. The number of benzene rings is 12. The van der Waals surface area contributed by atoms with Gasteiger partial charge in [0.2, 0.25) is 0 Å². The Labute approximate surface area is 445 Å². The van der Waals surface area contributed by atoms with Crippen LogP contribution in [0.5, 0.6) is 0 Å². The second kappa shape index (κ2) is 19.1. The van der Waals surface area contributed by atoms with Gasteiger partial charge in [-0.2, -0.15) is 0 Å². The first-order valence-electron chi connectivity index (χ1n) is 26.2. The van der Waals surface area contributed by atoms with Crippen LogP contribution in [-0.2, 0) is 0 Å². The van der Waals surface area contributed by atoms with Gasteiger partial charge in [0.25, 0.3) is 0 Å². The van der Waals surface area contributed by atoms with E-state index in [9.17, 15) is 0 Å². The standard InChI is InChI=1S/C72H58F2N2/c1-43-19-15-20-44(2)65(43)53-39-59(67-47(5)23-17-24-48(67)6)71(73)63(41-53)75(55-27-11-9-12-28-55)61-37-33-51-32-36-58-62(38-34-52-31-35-57(61)69(51)70(52)58)76(56-29-13-10-14-30-56)64-42-54(66-45(3)21-16-22-46(66)4)40-60(72(64)74)68-49(7)25-18-26-50(68)8/h9-42H,1-8H3. The van der Waals surface area contributed by atoms with Gasteiger partial charge in [-0.25, -0.2) is 8.78 Å². The van der Waals surface area contributed by atoms with Crippen molar-refractivity contribution in [3.05, 3.63) is 262 Å². The lowest BCUT2D eigenvalue weighted by molar-refractivity contribution is 0.632. The quantitative estimate of drug-likeness (QED) is 0.126. The zero-order valence-electron chi connectivity index (χ0n) is 44.3. The van der Waals surface area contributed by atoms with Crippen molar-refractivity contribution < 1.29 is 8.78 Å². The summed E-state index contributed by atoms with van der Waals surface area (Å²) in [7, 11) is 0. The van der Waals surface area contributed by atoms with Crippen LogP contribution in [0.15, 0.2) is 206 Å². The molecule has 0 aliphatic carbocycles. The first kappa shape index (κ1) is 48.1. The largest absolute Gasteiger partial charge is 0.307 e. The zero-order valence-corrected chi connectivity index (χ0v) is 44.3. The molecule has 0 aliphatic rings. The first-order chi connectivity index (χ1) is 36.9. The Bertz CT molecular complexity index is 3880. The molecule has 4 heteroatoms. The van der Waals surface area contributed by atoms with E-state index in [-0.39, 0.29) is 11.6 Å². The van der Waals surface area contributed by atoms with E-state index >= 15 is 8.78 Å². The minimum Gasteiger partial charge on any atom is -0.307 e. The van der Waals surface area contributed by atoms with Crippen LogP contribution in [-0.4, -0.2) is 0 Å². The molecule has 0 atom stereocenters. The fourth-order valence-corrected chi connectivity index (χ4v) is 12.3. The summed E-state index contributed by atoms with van der Waals surface area (Å²) in [5, 5.41) is 6.13. The maximum atomic E-state index is 18.4. The monoisotopic (exact) mass is 988 g/mol. The van der Waals surface area contributed by atoms with Crippen LogP contribution >= 0.6 is 0 Å². The molecule has 76 heavy (non-hydrogen) atoms. The molecule has 0 saturated heterocycles. The lowest BCUT2D eigenvalue weighted by Crippen LogP contribution is -2.14. The van der Waals surface area contributed by atoms with Gasteiger partial charge in [0.15, 0.2) is 11.6 Å². The van der Waals surface area contributed by atoms with E-state index in [2.05, 4.69) is 199 Å². The van der Waals surface area contributed by atoms with Crippen LogP contribution < -0.4 is 9.80 Å². The van der Waals surface area contributed by atoms with Crippen molar-refractivity contribution in [1.29, 1.82) is 0 Å². The van der Waals surface area contributed by atoms with E-state index in [1.165, 1.54) is 0 Å². The highest BCUT2D eigenvalue weighted by atomic mass is 19.1. The Morgan fingerprint density at radius 2 is 0.579 bits per heavy atom. The molecule has 0 radical (unpaired) electrons. The molecule has 12 aromatic rings. The van der Waals surface area contributed by atoms with Gasteiger partial charge in [-0.1, -0.05) is 146 Å². The first-order valence-corrected chi connectivity index (χ1v) is 26.2. The van der Waals surface area contributed by atoms with Crippen LogP contribution in [0.1, 0.15) is 44.5 Å². The van der Waals surface area contributed by atoms with Crippen molar-refractivity contribution in [2.24, 2.45) is 0 Å². The van der Waals surface area contributed by atoms with E-state index < -0.39 is 0 Å². The molecule has 370 valence electrons. The van der Waals surface area contributed by atoms with Crippen molar-refractivity contribution in [3.8, 4) is 44.5 Å². The average molecular weight is 989 g/mol. The highest BCUT2D eigenvalue weighted by molar-refractivity contribution is 6.28. The maximum absolute atomic E-state index is 18.4. The molecule has 0 heterocycles. The number of halogens is 2. The van der Waals surface area contributed by atoms with Gasteiger partial charge in [0.1, 0.15) is 0 Å². The third-order valence-corrected chi connectivity index (χ3v) is 15.8. The van der Waals surface area contributed by atoms with Crippen molar-refractivity contribution in [1.82, 2.24) is 0 Å². The van der Waals surface area contributed by atoms with Crippen LogP contribution in [0.25, 0.3) is 76.8 Å². The number of para-hydroxylation sites is 2. The Kier molecular flexibility index (Phi) is 12.1. The van der Waals surface area contributed by atoms with Gasteiger partial charge in [-0.05, 0) is 215 Å². The molecule has 12 aromatic carbocycles. The van der Waals surface area contributed by atoms with Crippen LogP contribution in [0.3, 0.4) is 0 Å². The van der Waals surface area contributed by atoms with E-state index in [1.807, 2.05) is 72.8 Å². The number of hydrogen-bond donors (Lipinski definition) is 0. The van der Waals surface area contributed by atoms with Gasteiger partial charge < -0.3 is 9.80 Å². The fraction of sp³-hybridized carbons (Fsp3) is 0.111. The summed E-state index contributed by atoms with van der Waals surface area (Å²) in [5.41, 5.74) is 19.8. The van der Waals surface area contributed by atoms with Gasteiger partial charge in [-0.3, -0.25) is 0 Å². The highest BCUT2D eigenvalue weighted by Gasteiger charge is 2.29. The number of nitrogens with zero attached hydrogens (tertiary/aromatic N) is 2. The summed E-state index contributed by atoms with van der Waals surface area (Å²) in [6.07, 6.45) is 0. The number of anilines is 6. The van der Waals surface area contributed by atoms with E-state index in [0.29, 0.717) is 22.5 Å². The summed E-state index contributed by atoms with van der Waals surface area (Å²) in [4.78, 5) is 4.21. The molecular weight excluding hydrogens is 931 g/mol. The summed E-state index contributed by atoms with van der Waals surface area (Å²) in [6.45, 7) is 16.8. The third kappa shape index (κ3) is 7.99. The topological polar surface area (TPSA) is 6.48 Å². The normalized spacial score (nSPS) is 11.6. The minimum atomic E-state index is -0.298. The number of rotatable bonds is 10. The van der Waals surface area contributed by atoms with Crippen molar-refractivity contribution in [2.45, 2.75) is 55.4 Å². The Balaban J connectivity index is 1.14. The summed E-state index contributed by atoms with van der Waals surface area (Å²) < 4.78 is 36.8. The molecule has 0 unspecified atom stereocenters. The molecular formula is C72H58F2N2. The molecule has 0 amide bonds. The molecule has 0 aromatic heterocycles. The Morgan fingerprint density at radius 3 is 0.908 bits per heavy atom. The molecule has 0 aliphatic heterocycles. The van der Waals surface area contributed by atoms with E-state index in [4.69, 9.17) is 0 Å². The molecule has 0 fully saturated rings. The smallest absolute Gasteiger partial charge is 0.155 e. The molecule has 12 rings (SSSR count). The van der Waals surface area contributed by atoms with Gasteiger partial charge in [0.05, 0.1) is 22.7 Å². The highest BCUT2D eigenvalue weighted by Crippen LogP contribution is 2.51. The summed E-state index contributed by atoms with van der Waals surface area (Å²) in [5.74, 6) is -0.596. The molecule has 0 spiro atoms. The Morgan fingerprint density at radius 1 is 0.276 bits per heavy atom. The summed E-state index contributed by atoms with van der Waals surface area (Å²) >= 11 is 0. The lowest BCUT2D eigenvalue weighted by atomic mass is 9.88. The number of aryl methyl sites for hydroxylation is 8. The molecule has 0 N–H and O–H groups in total. The van der Waals surface area contributed by atoms with Gasteiger partial charge in [0, 0.05) is 33.3 Å². The Hall–Kier alpha value is -8.86. The van der Waals surface area contributed by atoms with E-state index in [1.54, 1.807) is 0 Å². The second-order valence-corrected chi connectivity index (χ2v) is 20.7. The van der Waals surface area contributed by atoms with Crippen LogP contribution in [0, 0.1) is 67.0 Å². The van der Waals surface area contributed by atoms with Gasteiger partial charge >= 0.3 is 0 Å². The summed E-state index contributed by atoms with van der Waals surface area (Å²) in [6, 6.07) is 70.9. The van der Waals surface area contributed by atoms with Crippen LogP contribution in [0.4, 0.5) is 42.9 Å². The minimum absolute atomic E-state index is 0.298. The van der Waals surface area contributed by atoms with Gasteiger partial charge in [-0.15, -0.1) is 0 Å². The number of hydrogen-bond acceptors (Lipinski definition) is 2. The van der Waals surface area contributed by atoms with E-state index in [0.717, 1.165) is 133 Å². The SMILES string of the molecule is Cc1cccc(C)c1-c1cc(-c2c(C)cccc2C)c(F)c(N(c2ccccc2)c2ccc3ccc4c(N(c5ccccc5)c5cc(-c6c(C)cccc6C)cc(-c6c(C)cccc6C)c5F)ccc5ccc2c3c54)c1. The molecule has 2 nitrogen and oxygen atoms in total. The van der Waals surface area contributed by atoms with Crippen molar-refractivity contribution in [3.63, 3.8) is 0 Å². The van der Waals surface area contributed by atoms with Crippen molar-refractivity contribution >= 4 is 66.4 Å². The van der Waals surface area contributed by atoms with Crippen molar-refractivity contribution in [2.75, 3.05) is 9.80 Å². The molecule has 0 bridgehead atoms. The molecule has 0 saturated carbocycles. The predicted molar refractivity (Wildman–Crippen MR) is 319 cm³/mol. The van der Waals surface area contributed by atoms with Crippen LogP contribution in [0.2, 0.25) is 0 Å². The maximum Gasteiger partial charge on any atom is 0.155 e. The lowest BCUT2D eigenvalue weighted by Gasteiger charge is -2.31. The zero-order chi connectivity index (χ0) is 52.5. The second-order valence-electron chi connectivity index (χ2n) is 20.7. The predicted octanol–water partition coefficient (Wildman–Crippen LogP) is 20.9.